The largest absolute Gasteiger partial charge is 0.343 e. The fourth-order valence-electron chi connectivity index (χ4n) is 3.13. The molecule has 1 atom stereocenters. The van der Waals surface area contributed by atoms with Gasteiger partial charge in [-0.25, -0.2) is 0 Å². The molecule has 1 aliphatic carbocycles. The second-order valence-electron chi connectivity index (χ2n) is 6.11. The van der Waals surface area contributed by atoms with Crippen LogP contribution in [0.3, 0.4) is 0 Å². The SMILES string of the molecule is CC(C)CCN1C(=O)C(C)NC(=O)C12CCCC2. The molecule has 1 heterocycles. The Kier molecular flexibility index (Phi) is 3.64. The first kappa shape index (κ1) is 13.4. The van der Waals surface area contributed by atoms with Gasteiger partial charge >= 0.3 is 0 Å². The van der Waals surface area contributed by atoms with Gasteiger partial charge in [-0.3, -0.25) is 9.59 Å². The van der Waals surface area contributed by atoms with Crippen molar-refractivity contribution in [2.24, 2.45) is 5.92 Å². The van der Waals surface area contributed by atoms with E-state index >= 15 is 0 Å². The van der Waals surface area contributed by atoms with E-state index in [0.29, 0.717) is 12.5 Å². The minimum atomic E-state index is -0.529. The number of piperazine rings is 1. The molecule has 102 valence electrons. The molecule has 1 spiro atoms. The second-order valence-corrected chi connectivity index (χ2v) is 6.11. The number of amides is 2. The van der Waals surface area contributed by atoms with Crippen LogP contribution >= 0.6 is 0 Å². The van der Waals surface area contributed by atoms with Crippen molar-refractivity contribution in [3.8, 4) is 0 Å². The van der Waals surface area contributed by atoms with E-state index in [1.165, 1.54) is 0 Å². The maximum Gasteiger partial charge on any atom is 0.246 e. The third-order valence-corrected chi connectivity index (χ3v) is 4.28. The lowest BCUT2D eigenvalue weighted by Gasteiger charge is -2.46. The number of nitrogens with zero attached hydrogens (tertiary/aromatic N) is 1. The van der Waals surface area contributed by atoms with Crippen molar-refractivity contribution in [1.82, 2.24) is 10.2 Å². The first-order valence-corrected chi connectivity index (χ1v) is 7.10. The predicted octanol–water partition coefficient (Wildman–Crippen LogP) is 1.69. The smallest absolute Gasteiger partial charge is 0.246 e. The molecule has 0 aromatic heterocycles. The van der Waals surface area contributed by atoms with Crippen molar-refractivity contribution < 1.29 is 9.59 Å². The number of rotatable bonds is 3. The maximum atomic E-state index is 12.4. The molecule has 2 amide bonds. The first-order valence-electron chi connectivity index (χ1n) is 7.10. The molecule has 0 bridgehead atoms. The highest BCUT2D eigenvalue weighted by Gasteiger charge is 2.52. The summed E-state index contributed by atoms with van der Waals surface area (Å²) in [4.78, 5) is 26.6. The topological polar surface area (TPSA) is 49.4 Å². The zero-order valence-electron chi connectivity index (χ0n) is 11.7. The fourth-order valence-corrected chi connectivity index (χ4v) is 3.13. The van der Waals surface area contributed by atoms with E-state index in [4.69, 9.17) is 0 Å². The summed E-state index contributed by atoms with van der Waals surface area (Å²) in [6.45, 7) is 6.80. The van der Waals surface area contributed by atoms with Crippen molar-refractivity contribution in [2.45, 2.75) is 64.5 Å². The van der Waals surface area contributed by atoms with Crippen LogP contribution in [0.5, 0.6) is 0 Å². The quantitative estimate of drug-likeness (QED) is 0.831. The van der Waals surface area contributed by atoms with E-state index in [-0.39, 0.29) is 17.9 Å². The Balaban J connectivity index is 2.22. The molecule has 1 N–H and O–H groups in total. The zero-order valence-corrected chi connectivity index (χ0v) is 11.7. The van der Waals surface area contributed by atoms with Gasteiger partial charge in [-0.15, -0.1) is 0 Å². The third-order valence-electron chi connectivity index (χ3n) is 4.28. The summed E-state index contributed by atoms with van der Waals surface area (Å²) >= 11 is 0. The van der Waals surface area contributed by atoms with Crippen molar-refractivity contribution in [1.29, 1.82) is 0 Å². The molecule has 1 aliphatic heterocycles. The van der Waals surface area contributed by atoms with Crippen LogP contribution in [0.1, 0.15) is 52.9 Å². The second kappa shape index (κ2) is 4.90. The summed E-state index contributed by atoms with van der Waals surface area (Å²) in [5, 5.41) is 2.85. The minimum Gasteiger partial charge on any atom is -0.343 e. The van der Waals surface area contributed by atoms with Gasteiger partial charge in [0.15, 0.2) is 0 Å². The number of carbonyl (C=O) groups is 2. The van der Waals surface area contributed by atoms with Crippen LogP contribution in [0.25, 0.3) is 0 Å². The molecule has 2 rings (SSSR count). The Morgan fingerprint density at radius 3 is 2.50 bits per heavy atom. The van der Waals surface area contributed by atoms with Crippen molar-refractivity contribution in [3.63, 3.8) is 0 Å². The summed E-state index contributed by atoms with van der Waals surface area (Å²) in [7, 11) is 0. The van der Waals surface area contributed by atoms with Crippen LogP contribution in [0, 0.1) is 5.92 Å². The molecule has 1 unspecified atom stereocenters. The Bertz CT molecular complexity index is 346. The lowest BCUT2D eigenvalue weighted by molar-refractivity contribution is -0.157. The molecule has 1 saturated carbocycles. The molecule has 2 fully saturated rings. The van der Waals surface area contributed by atoms with Crippen LogP contribution in [0.4, 0.5) is 0 Å². The highest BCUT2D eigenvalue weighted by atomic mass is 16.2. The van der Waals surface area contributed by atoms with Gasteiger partial charge in [0.1, 0.15) is 11.6 Å². The van der Waals surface area contributed by atoms with Gasteiger partial charge in [0.2, 0.25) is 11.8 Å². The fraction of sp³-hybridized carbons (Fsp3) is 0.857. The standard InChI is InChI=1S/C14H24N2O2/c1-10(2)6-9-16-12(17)11(3)15-13(18)14(16)7-4-5-8-14/h10-11H,4-9H2,1-3H3,(H,15,18). The summed E-state index contributed by atoms with van der Waals surface area (Å²) in [6, 6.07) is -0.365. The summed E-state index contributed by atoms with van der Waals surface area (Å²) < 4.78 is 0. The van der Waals surface area contributed by atoms with Gasteiger partial charge in [0, 0.05) is 6.54 Å². The molecule has 0 aromatic rings. The van der Waals surface area contributed by atoms with Gasteiger partial charge in [-0.05, 0) is 32.1 Å². The Hall–Kier alpha value is -1.06. The first-order chi connectivity index (χ1) is 8.47. The van der Waals surface area contributed by atoms with E-state index in [2.05, 4.69) is 19.2 Å². The van der Waals surface area contributed by atoms with Gasteiger partial charge in [0.05, 0.1) is 0 Å². The minimum absolute atomic E-state index is 0.0656. The average Bonchev–Trinajstić information content (AvgIpc) is 2.77. The number of nitrogens with one attached hydrogen (secondary N) is 1. The zero-order chi connectivity index (χ0) is 13.3. The van der Waals surface area contributed by atoms with Crippen molar-refractivity contribution in [3.05, 3.63) is 0 Å². The Morgan fingerprint density at radius 2 is 1.94 bits per heavy atom. The summed E-state index contributed by atoms with van der Waals surface area (Å²) in [5.74, 6) is 0.713. The van der Waals surface area contributed by atoms with E-state index in [0.717, 1.165) is 32.1 Å². The van der Waals surface area contributed by atoms with Crippen LogP contribution in [-0.2, 0) is 9.59 Å². The van der Waals surface area contributed by atoms with E-state index < -0.39 is 5.54 Å². The molecule has 2 aliphatic rings. The lowest BCUT2D eigenvalue weighted by Crippen LogP contribution is -2.69. The molecule has 4 heteroatoms. The van der Waals surface area contributed by atoms with Gasteiger partial charge in [-0.1, -0.05) is 26.7 Å². The van der Waals surface area contributed by atoms with Gasteiger partial charge in [0.25, 0.3) is 0 Å². The highest BCUT2D eigenvalue weighted by Crippen LogP contribution is 2.38. The van der Waals surface area contributed by atoms with E-state index in [9.17, 15) is 9.59 Å². The van der Waals surface area contributed by atoms with Crippen molar-refractivity contribution >= 4 is 11.8 Å². The molecule has 0 radical (unpaired) electrons. The van der Waals surface area contributed by atoms with E-state index in [1.54, 1.807) is 6.92 Å². The maximum absolute atomic E-state index is 12.4. The summed E-state index contributed by atoms with van der Waals surface area (Å²) in [6.07, 6.45) is 4.72. The molecular weight excluding hydrogens is 228 g/mol. The lowest BCUT2D eigenvalue weighted by atomic mass is 9.89. The van der Waals surface area contributed by atoms with Crippen molar-refractivity contribution in [2.75, 3.05) is 6.54 Å². The summed E-state index contributed by atoms with van der Waals surface area (Å²) in [5.41, 5.74) is -0.529. The molecule has 4 nitrogen and oxygen atoms in total. The number of hydrogen-bond donors (Lipinski definition) is 1. The molecule has 18 heavy (non-hydrogen) atoms. The van der Waals surface area contributed by atoms with Crippen LogP contribution in [-0.4, -0.2) is 34.8 Å². The van der Waals surface area contributed by atoms with Crippen LogP contribution < -0.4 is 5.32 Å². The number of carbonyl (C=O) groups excluding carboxylic acids is 2. The molecule has 0 aromatic carbocycles. The van der Waals surface area contributed by atoms with E-state index in [1.807, 2.05) is 4.90 Å². The molecular formula is C14H24N2O2. The molecule has 1 saturated heterocycles. The monoisotopic (exact) mass is 252 g/mol. The van der Waals surface area contributed by atoms with Crippen LogP contribution in [0.15, 0.2) is 0 Å². The van der Waals surface area contributed by atoms with Gasteiger partial charge in [-0.2, -0.15) is 0 Å². The Morgan fingerprint density at radius 1 is 1.33 bits per heavy atom. The highest BCUT2D eigenvalue weighted by molar-refractivity contribution is 5.99. The average molecular weight is 252 g/mol. The predicted molar refractivity (Wildman–Crippen MR) is 70.0 cm³/mol. The number of hydrogen-bond acceptors (Lipinski definition) is 2. The van der Waals surface area contributed by atoms with Crippen LogP contribution in [0.2, 0.25) is 0 Å². The van der Waals surface area contributed by atoms with Gasteiger partial charge < -0.3 is 10.2 Å². The Labute approximate surface area is 109 Å². The third kappa shape index (κ3) is 2.13. The normalized spacial score (nSPS) is 27.1.